The lowest BCUT2D eigenvalue weighted by atomic mass is 9.97. The molecule has 31 heavy (non-hydrogen) atoms. The van der Waals surface area contributed by atoms with Gasteiger partial charge in [0.25, 0.3) is 5.91 Å². The fourth-order valence-electron chi connectivity index (χ4n) is 3.51. The molecule has 1 aliphatic rings. The summed E-state index contributed by atoms with van der Waals surface area (Å²) in [6.45, 7) is 0.662. The first-order valence-corrected chi connectivity index (χ1v) is 10.5. The van der Waals surface area contributed by atoms with E-state index >= 15 is 0 Å². The maximum atomic E-state index is 13.0. The highest BCUT2D eigenvalue weighted by Gasteiger charge is 2.09. The van der Waals surface area contributed by atoms with E-state index in [2.05, 4.69) is 21.4 Å². The van der Waals surface area contributed by atoms with Crippen molar-refractivity contribution in [3.8, 4) is 22.9 Å². The molecular formula is C25H24FN3O2. The number of carbonyl (C=O) groups excluding carboxylic acids is 1. The van der Waals surface area contributed by atoms with Crippen molar-refractivity contribution in [2.45, 2.75) is 32.1 Å². The Hall–Kier alpha value is -3.54. The molecule has 0 unspecified atom stereocenters. The maximum absolute atomic E-state index is 13.0. The summed E-state index contributed by atoms with van der Waals surface area (Å²) in [5.41, 5.74) is 3.78. The molecule has 0 saturated heterocycles. The van der Waals surface area contributed by atoms with Crippen molar-refractivity contribution in [3.63, 3.8) is 0 Å². The van der Waals surface area contributed by atoms with Gasteiger partial charge in [0.2, 0.25) is 0 Å². The van der Waals surface area contributed by atoms with Crippen LogP contribution in [0.15, 0.2) is 72.6 Å². The Labute approximate surface area is 181 Å². The molecule has 4 rings (SSSR count). The number of rotatable bonds is 7. The number of carbonyl (C=O) groups is 1. The van der Waals surface area contributed by atoms with Gasteiger partial charge in [0.05, 0.1) is 0 Å². The Morgan fingerprint density at radius 1 is 0.968 bits per heavy atom. The summed E-state index contributed by atoms with van der Waals surface area (Å²) < 4.78 is 18.5. The highest BCUT2D eigenvalue weighted by atomic mass is 19.1. The number of allylic oxidation sites excluding steroid dienone is 1. The van der Waals surface area contributed by atoms with E-state index in [0.717, 1.165) is 30.4 Å². The lowest BCUT2D eigenvalue weighted by Gasteiger charge is -2.13. The van der Waals surface area contributed by atoms with Gasteiger partial charge in [-0.3, -0.25) is 4.79 Å². The summed E-state index contributed by atoms with van der Waals surface area (Å²) in [6.07, 6.45) is 11.4. The highest BCUT2D eigenvalue weighted by molar-refractivity contribution is 5.94. The number of ether oxygens (including phenoxy) is 1. The predicted octanol–water partition coefficient (Wildman–Crippen LogP) is 5.70. The van der Waals surface area contributed by atoms with Crippen LogP contribution in [0.5, 0.6) is 11.8 Å². The number of aromatic nitrogens is 2. The molecule has 0 bridgehead atoms. The normalized spacial score (nSPS) is 13.4. The lowest BCUT2D eigenvalue weighted by Crippen LogP contribution is -2.24. The summed E-state index contributed by atoms with van der Waals surface area (Å²) in [6, 6.07) is 13.2. The van der Waals surface area contributed by atoms with Crippen molar-refractivity contribution in [3.05, 3.63) is 84.0 Å². The number of amides is 1. The van der Waals surface area contributed by atoms with Gasteiger partial charge in [-0.1, -0.05) is 23.8 Å². The third-order valence-corrected chi connectivity index (χ3v) is 5.25. The zero-order valence-corrected chi connectivity index (χ0v) is 17.2. The van der Waals surface area contributed by atoms with Crippen LogP contribution >= 0.6 is 0 Å². The van der Waals surface area contributed by atoms with Crippen molar-refractivity contribution < 1.29 is 13.9 Å². The highest BCUT2D eigenvalue weighted by Crippen LogP contribution is 2.22. The zero-order valence-electron chi connectivity index (χ0n) is 17.2. The summed E-state index contributed by atoms with van der Waals surface area (Å²) in [5, 5.41) is 3.00. The topological polar surface area (TPSA) is 64.1 Å². The van der Waals surface area contributed by atoms with Gasteiger partial charge >= 0.3 is 6.01 Å². The van der Waals surface area contributed by atoms with Crippen molar-refractivity contribution in [2.75, 3.05) is 6.54 Å². The first-order valence-electron chi connectivity index (χ1n) is 10.5. The van der Waals surface area contributed by atoms with Crippen molar-refractivity contribution in [1.29, 1.82) is 0 Å². The van der Waals surface area contributed by atoms with Crippen LogP contribution < -0.4 is 10.1 Å². The molecule has 1 aromatic heterocycles. The second kappa shape index (κ2) is 9.98. The minimum Gasteiger partial charge on any atom is -0.424 e. The molecule has 0 fully saturated rings. The molecule has 0 spiro atoms. The second-order valence-electron chi connectivity index (χ2n) is 7.50. The van der Waals surface area contributed by atoms with Crippen LogP contribution in [0.25, 0.3) is 11.1 Å². The van der Waals surface area contributed by atoms with E-state index in [9.17, 15) is 9.18 Å². The fraction of sp³-hybridized carbons (Fsp3) is 0.240. The third-order valence-electron chi connectivity index (χ3n) is 5.25. The Morgan fingerprint density at radius 2 is 1.71 bits per heavy atom. The van der Waals surface area contributed by atoms with Gasteiger partial charge in [-0.15, -0.1) is 0 Å². The summed E-state index contributed by atoms with van der Waals surface area (Å²) in [5.74, 6) is 0.0638. The molecule has 5 nitrogen and oxygen atoms in total. The molecule has 0 saturated carbocycles. The second-order valence-corrected chi connectivity index (χ2v) is 7.50. The average Bonchev–Trinajstić information content (AvgIpc) is 2.82. The lowest BCUT2D eigenvalue weighted by molar-refractivity contribution is 0.0954. The van der Waals surface area contributed by atoms with E-state index in [-0.39, 0.29) is 17.7 Å². The van der Waals surface area contributed by atoms with Gasteiger partial charge in [-0.2, -0.15) is 0 Å². The summed E-state index contributed by atoms with van der Waals surface area (Å²) >= 11 is 0. The molecule has 6 heteroatoms. The first-order chi connectivity index (χ1) is 15.2. The van der Waals surface area contributed by atoms with Gasteiger partial charge in [0.1, 0.15) is 11.6 Å². The number of halogens is 1. The molecule has 1 amide bonds. The molecule has 1 heterocycles. The minimum absolute atomic E-state index is 0.0674. The molecule has 1 N–H and O–H groups in total. The summed E-state index contributed by atoms with van der Waals surface area (Å²) in [4.78, 5) is 20.8. The molecule has 0 atom stereocenters. The first kappa shape index (κ1) is 20.7. The van der Waals surface area contributed by atoms with Crippen molar-refractivity contribution in [2.24, 2.45) is 0 Å². The van der Waals surface area contributed by atoms with Crippen LogP contribution in [-0.4, -0.2) is 22.4 Å². The Bertz CT molecular complexity index is 1050. The summed E-state index contributed by atoms with van der Waals surface area (Å²) in [7, 11) is 0. The van der Waals surface area contributed by atoms with Gasteiger partial charge in [0, 0.05) is 30.1 Å². The molecular weight excluding hydrogens is 393 g/mol. The predicted molar refractivity (Wildman–Crippen MR) is 117 cm³/mol. The van der Waals surface area contributed by atoms with E-state index in [1.54, 1.807) is 24.5 Å². The quantitative estimate of drug-likeness (QED) is 0.501. The van der Waals surface area contributed by atoms with Gasteiger partial charge < -0.3 is 10.1 Å². The van der Waals surface area contributed by atoms with Crippen molar-refractivity contribution in [1.82, 2.24) is 15.3 Å². The molecule has 2 aromatic carbocycles. The largest absolute Gasteiger partial charge is 0.424 e. The zero-order chi connectivity index (χ0) is 21.5. The van der Waals surface area contributed by atoms with Crippen LogP contribution in [0.2, 0.25) is 0 Å². The minimum atomic E-state index is -0.331. The number of nitrogens with one attached hydrogen (secondary N) is 1. The average molecular weight is 417 g/mol. The number of hydrogen-bond donors (Lipinski definition) is 1. The van der Waals surface area contributed by atoms with Crippen LogP contribution in [0.3, 0.4) is 0 Å². The van der Waals surface area contributed by atoms with E-state index in [1.165, 1.54) is 42.7 Å². The number of hydrogen-bond acceptors (Lipinski definition) is 4. The standard InChI is InChI=1S/C25H24FN3O2/c26-22-10-12-23(13-11-22)31-25-28-16-21(17-29-25)19-6-8-20(9-7-19)24(30)27-15-14-18-4-2-1-3-5-18/h4,6-13,16-17H,1-3,5,14-15H2,(H,27,30). The van der Waals surface area contributed by atoms with Gasteiger partial charge in [0.15, 0.2) is 0 Å². The smallest absolute Gasteiger partial charge is 0.321 e. The fourth-order valence-corrected chi connectivity index (χ4v) is 3.51. The van der Waals surface area contributed by atoms with Crippen LogP contribution in [0.1, 0.15) is 42.5 Å². The Morgan fingerprint density at radius 3 is 2.39 bits per heavy atom. The van der Waals surface area contributed by atoms with Crippen LogP contribution in [0.4, 0.5) is 4.39 Å². The monoisotopic (exact) mass is 417 g/mol. The van der Waals surface area contributed by atoms with Crippen LogP contribution in [0, 0.1) is 5.82 Å². The van der Waals surface area contributed by atoms with Crippen molar-refractivity contribution >= 4 is 5.91 Å². The Kier molecular flexibility index (Phi) is 6.67. The third kappa shape index (κ3) is 5.75. The molecule has 3 aromatic rings. The number of nitrogens with zero attached hydrogens (tertiary/aromatic N) is 2. The Balaban J connectivity index is 1.32. The maximum Gasteiger partial charge on any atom is 0.321 e. The number of benzene rings is 2. The molecule has 0 radical (unpaired) electrons. The van der Waals surface area contributed by atoms with E-state index in [1.807, 2.05) is 12.1 Å². The van der Waals surface area contributed by atoms with Gasteiger partial charge in [-0.25, -0.2) is 14.4 Å². The van der Waals surface area contributed by atoms with Gasteiger partial charge in [-0.05, 0) is 74.1 Å². The molecule has 0 aliphatic heterocycles. The van der Waals surface area contributed by atoms with E-state index in [0.29, 0.717) is 17.9 Å². The molecule has 158 valence electrons. The van der Waals surface area contributed by atoms with E-state index < -0.39 is 0 Å². The van der Waals surface area contributed by atoms with E-state index in [4.69, 9.17) is 4.74 Å². The van der Waals surface area contributed by atoms with Crippen LogP contribution in [-0.2, 0) is 0 Å². The molecule has 1 aliphatic carbocycles. The SMILES string of the molecule is O=C(NCCC1=CCCCC1)c1ccc(-c2cnc(Oc3ccc(F)cc3)nc2)cc1.